The van der Waals surface area contributed by atoms with Crippen LogP contribution >= 0.6 is 0 Å². The number of H-pyrrole nitrogens is 1. The summed E-state index contributed by atoms with van der Waals surface area (Å²) >= 11 is 0. The molecule has 0 atom stereocenters. The molecule has 0 bridgehead atoms. The molecular formula is C21H19FN4O. The monoisotopic (exact) mass is 362 g/mol. The van der Waals surface area contributed by atoms with Crippen LogP contribution in [0.25, 0.3) is 16.8 Å². The third-order valence-corrected chi connectivity index (χ3v) is 4.50. The normalized spacial score (nSPS) is 11.2. The molecule has 3 heterocycles. The molecule has 5 nitrogen and oxygen atoms in total. The van der Waals surface area contributed by atoms with Crippen molar-refractivity contribution in [3.63, 3.8) is 0 Å². The van der Waals surface area contributed by atoms with Crippen LogP contribution < -0.4 is 5.56 Å². The molecule has 0 aliphatic heterocycles. The highest BCUT2D eigenvalue weighted by Gasteiger charge is 2.09. The number of halogens is 1. The summed E-state index contributed by atoms with van der Waals surface area (Å²) < 4.78 is 15.2. The van der Waals surface area contributed by atoms with Gasteiger partial charge in [0.05, 0.1) is 11.9 Å². The van der Waals surface area contributed by atoms with Crippen molar-refractivity contribution in [2.75, 3.05) is 0 Å². The Kier molecular flexibility index (Phi) is 4.54. The van der Waals surface area contributed by atoms with E-state index in [1.165, 1.54) is 6.07 Å². The molecule has 0 saturated heterocycles. The van der Waals surface area contributed by atoms with Crippen molar-refractivity contribution in [1.82, 2.24) is 19.4 Å². The summed E-state index contributed by atoms with van der Waals surface area (Å²) in [6, 6.07) is 12.5. The van der Waals surface area contributed by atoms with Crippen molar-refractivity contribution < 1.29 is 4.39 Å². The second-order valence-electron chi connectivity index (χ2n) is 6.51. The van der Waals surface area contributed by atoms with Crippen LogP contribution in [-0.4, -0.2) is 19.4 Å². The molecule has 1 N–H and O–H groups in total. The van der Waals surface area contributed by atoms with Gasteiger partial charge in [-0.15, -0.1) is 0 Å². The summed E-state index contributed by atoms with van der Waals surface area (Å²) in [7, 11) is 0. The number of pyridine rings is 1. The maximum absolute atomic E-state index is 13.3. The second-order valence-corrected chi connectivity index (χ2v) is 6.51. The van der Waals surface area contributed by atoms with Crippen LogP contribution in [0.1, 0.15) is 30.4 Å². The summed E-state index contributed by atoms with van der Waals surface area (Å²) in [5, 5.41) is 0. The van der Waals surface area contributed by atoms with Gasteiger partial charge in [0, 0.05) is 30.3 Å². The van der Waals surface area contributed by atoms with Crippen LogP contribution in [0.3, 0.4) is 0 Å². The van der Waals surface area contributed by atoms with Gasteiger partial charge in [-0.05, 0) is 24.1 Å². The van der Waals surface area contributed by atoms with E-state index in [4.69, 9.17) is 0 Å². The van der Waals surface area contributed by atoms with E-state index in [-0.39, 0.29) is 5.56 Å². The number of aromatic amines is 1. The molecule has 0 radical (unpaired) electrons. The van der Waals surface area contributed by atoms with Gasteiger partial charge >= 0.3 is 0 Å². The highest BCUT2D eigenvalue weighted by molar-refractivity contribution is 5.59. The number of hydrogen-bond donors (Lipinski definition) is 1. The van der Waals surface area contributed by atoms with Crippen LogP contribution in [0.5, 0.6) is 0 Å². The van der Waals surface area contributed by atoms with E-state index in [1.54, 1.807) is 18.3 Å². The standard InChI is InChI=1S/C21H19FN4O/c1-2-4-20-23-12-18-21(27)24-16(13-26(18)20)11-14-7-9-15(10-8-14)17-5-3-6-19(22)25-17/h3,5-10,12-13H,2,4,11H2,1H3,(H,24,27). The van der Waals surface area contributed by atoms with Crippen molar-refractivity contribution in [2.24, 2.45) is 0 Å². The first-order valence-electron chi connectivity index (χ1n) is 8.94. The Balaban J connectivity index is 1.62. The van der Waals surface area contributed by atoms with Gasteiger partial charge in [-0.25, -0.2) is 9.97 Å². The Morgan fingerprint density at radius 3 is 2.70 bits per heavy atom. The number of aromatic nitrogens is 4. The molecule has 0 unspecified atom stereocenters. The van der Waals surface area contributed by atoms with Gasteiger partial charge in [0.15, 0.2) is 0 Å². The number of nitrogens with one attached hydrogen (secondary N) is 1. The number of hydrogen-bond acceptors (Lipinski definition) is 3. The minimum Gasteiger partial charge on any atom is -0.323 e. The second kappa shape index (κ2) is 7.15. The molecule has 0 aliphatic rings. The Morgan fingerprint density at radius 1 is 1.15 bits per heavy atom. The Morgan fingerprint density at radius 2 is 1.96 bits per heavy atom. The summed E-state index contributed by atoms with van der Waals surface area (Å²) in [6.45, 7) is 2.09. The van der Waals surface area contributed by atoms with Crippen LogP contribution in [0.15, 0.2) is 59.7 Å². The Labute approximate surface area is 155 Å². The molecule has 136 valence electrons. The Bertz CT molecular complexity index is 1150. The number of aryl methyl sites for hydroxylation is 1. The van der Waals surface area contributed by atoms with E-state index in [1.807, 2.05) is 34.9 Å². The van der Waals surface area contributed by atoms with Crippen LogP contribution in [0.2, 0.25) is 0 Å². The van der Waals surface area contributed by atoms with Crippen molar-refractivity contribution in [3.05, 3.63) is 88.2 Å². The van der Waals surface area contributed by atoms with Gasteiger partial charge in [0.2, 0.25) is 5.95 Å². The van der Waals surface area contributed by atoms with Gasteiger partial charge in [0.1, 0.15) is 11.3 Å². The van der Waals surface area contributed by atoms with Crippen LogP contribution in [0, 0.1) is 5.95 Å². The van der Waals surface area contributed by atoms with E-state index in [0.717, 1.165) is 35.5 Å². The molecular weight excluding hydrogens is 343 g/mol. The lowest BCUT2D eigenvalue weighted by Crippen LogP contribution is -2.13. The SMILES string of the molecule is CCCc1ncc2c(=O)[nH]c(Cc3ccc(-c4cccc(F)n4)cc3)cn12. The molecule has 6 heteroatoms. The predicted molar refractivity (Wildman–Crippen MR) is 102 cm³/mol. The van der Waals surface area contributed by atoms with E-state index in [9.17, 15) is 9.18 Å². The zero-order chi connectivity index (χ0) is 18.8. The Hall–Kier alpha value is -3.28. The molecule has 4 aromatic rings. The molecule has 0 aliphatic carbocycles. The fourth-order valence-corrected chi connectivity index (χ4v) is 3.19. The summed E-state index contributed by atoms with van der Waals surface area (Å²) in [4.78, 5) is 23.5. The smallest absolute Gasteiger partial charge is 0.274 e. The summed E-state index contributed by atoms with van der Waals surface area (Å²) in [5.74, 6) is 0.401. The fraction of sp³-hybridized carbons (Fsp3) is 0.190. The number of imidazole rings is 1. The van der Waals surface area contributed by atoms with E-state index in [2.05, 4.69) is 21.9 Å². The lowest BCUT2D eigenvalue weighted by molar-refractivity contribution is 0.585. The maximum atomic E-state index is 13.3. The maximum Gasteiger partial charge on any atom is 0.274 e. The van der Waals surface area contributed by atoms with Gasteiger partial charge in [-0.3, -0.25) is 9.20 Å². The topological polar surface area (TPSA) is 63.0 Å². The molecule has 27 heavy (non-hydrogen) atoms. The number of fused-ring (bicyclic) bond motifs is 1. The highest BCUT2D eigenvalue weighted by atomic mass is 19.1. The molecule has 3 aromatic heterocycles. The van der Waals surface area contributed by atoms with Crippen LogP contribution in [0.4, 0.5) is 4.39 Å². The zero-order valence-electron chi connectivity index (χ0n) is 14.9. The predicted octanol–water partition coefficient (Wildman–Crippen LogP) is 3.77. The molecule has 0 amide bonds. The van der Waals surface area contributed by atoms with Gasteiger partial charge in [0.25, 0.3) is 5.56 Å². The fourth-order valence-electron chi connectivity index (χ4n) is 3.19. The largest absolute Gasteiger partial charge is 0.323 e. The zero-order valence-corrected chi connectivity index (χ0v) is 14.9. The average Bonchev–Trinajstić information content (AvgIpc) is 3.06. The summed E-state index contributed by atoms with van der Waals surface area (Å²) in [5.41, 5.74) is 3.74. The number of rotatable bonds is 5. The van der Waals surface area contributed by atoms with Crippen molar-refractivity contribution in [3.8, 4) is 11.3 Å². The minimum atomic E-state index is -0.495. The number of benzene rings is 1. The molecule has 0 spiro atoms. The van der Waals surface area contributed by atoms with E-state index < -0.39 is 5.95 Å². The minimum absolute atomic E-state index is 0.136. The van der Waals surface area contributed by atoms with Crippen molar-refractivity contribution in [1.29, 1.82) is 0 Å². The third-order valence-electron chi connectivity index (χ3n) is 4.50. The quantitative estimate of drug-likeness (QED) is 0.550. The van der Waals surface area contributed by atoms with Gasteiger partial charge < -0.3 is 4.98 Å². The first kappa shape index (κ1) is 17.1. The van der Waals surface area contributed by atoms with E-state index >= 15 is 0 Å². The average molecular weight is 362 g/mol. The van der Waals surface area contributed by atoms with Crippen LogP contribution in [-0.2, 0) is 12.8 Å². The lowest BCUT2D eigenvalue weighted by Gasteiger charge is -2.07. The molecule has 1 aromatic carbocycles. The van der Waals surface area contributed by atoms with Crippen molar-refractivity contribution >= 4 is 5.52 Å². The first-order valence-corrected chi connectivity index (χ1v) is 8.94. The highest BCUT2D eigenvalue weighted by Crippen LogP contribution is 2.19. The molecule has 0 saturated carbocycles. The van der Waals surface area contributed by atoms with E-state index in [0.29, 0.717) is 17.6 Å². The van der Waals surface area contributed by atoms with Gasteiger partial charge in [-0.1, -0.05) is 37.3 Å². The molecule has 4 rings (SSSR count). The lowest BCUT2D eigenvalue weighted by atomic mass is 10.1. The third kappa shape index (κ3) is 3.51. The number of nitrogens with zero attached hydrogens (tertiary/aromatic N) is 3. The molecule has 0 fully saturated rings. The summed E-state index contributed by atoms with van der Waals surface area (Å²) in [6.07, 6.45) is 5.94. The van der Waals surface area contributed by atoms with Crippen molar-refractivity contribution in [2.45, 2.75) is 26.2 Å². The van der Waals surface area contributed by atoms with Gasteiger partial charge in [-0.2, -0.15) is 4.39 Å². The first-order chi connectivity index (χ1) is 13.1.